The molecule has 1 unspecified atom stereocenters. The number of carbonyl (C=O) groups is 1. The van der Waals surface area contributed by atoms with Gasteiger partial charge < -0.3 is 14.7 Å². The molecule has 2 aliphatic heterocycles. The van der Waals surface area contributed by atoms with E-state index in [-0.39, 0.29) is 12.0 Å². The summed E-state index contributed by atoms with van der Waals surface area (Å²) in [4.78, 5) is 14.9. The number of halogens is 2. The Hall–Kier alpha value is -1.05. The van der Waals surface area contributed by atoms with Gasteiger partial charge in [0, 0.05) is 30.3 Å². The van der Waals surface area contributed by atoms with Crippen LogP contribution in [0.2, 0.25) is 0 Å². The van der Waals surface area contributed by atoms with Crippen molar-refractivity contribution in [2.75, 3.05) is 26.2 Å². The van der Waals surface area contributed by atoms with Crippen molar-refractivity contribution < 1.29 is 23.4 Å². The lowest BCUT2D eigenvalue weighted by molar-refractivity contribution is -0.0953. The van der Waals surface area contributed by atoms with E-state index in [1.165, 1.54) is 11.3 Å². The molecular weight excluding hydrogens is 336 g/mol. The summed E-state index contributed by atoms with van der Waals surface area (Å²) in [5, 5.41) is 9.23. The largest absolute Gasteiger partial charge is 0.477 e. The molecule has 3 heterocycles. The van der Waals surface area contributed by atoms with Gasteiger partial charge in [-0.15, -0.1) is 11.3 Å². The zero-order valence-corrected chi connectivity index (χ0v) is 14.2. The quantitative estimate of drug-likeness (QED) is 0.898. The number of ether oxygens (including phenoxy) is 1. The predicted molar refractivity (Wildman–Crippen MR) is 86.0 cm³/mol. The lowest BCUT2D eigenvalue weighted by Gasteiger charge is -2.43. The number of hydrogen-bond acceptors (Lipinski definition) is 4. The van der Waals surface area contributed by atoms with E-state index < -0.39 is 17.8 Å². The van der Waals surface area contributed by atoms with Crippen molar-refractivity contribution in [2.24, 2.45) is 5.92 Å². The maximum Gasteiger partial charge on any atom is 0.345 e. The number of thiophene rings is 1. The van der Waals surface area contributed by atoms with Crippen molar-refractivity contribution in [1.29, 1.82) is 0 Å². The Kier molecular flexibility index (Phi) is 3.93. The highest BCUT2D eigenvalue weighted by atomic mass is 32.1. The van der Waals surface area contributed by atoms with E-state index in [2.05, 4.69) is 4.90 Å². The zero-order chi connectivity index (χ0) is 16.9. The summed E-state index contributed by atoms with van der Waals surface area (Å²) in [6, 6.07) is 1.79. The summed E-state index contributed by atoms with van der Waals surface area (Å²) in [6.45, 7) is 2.97. The Morgan fingerprint density at radius 3 is 2.75 bits per heavy atom. The third-order valence-electron chi connectivity index (χ3n) is 5.60. The molecule has 3 aliphatic rings. The molecule has 132 valence electrons. The monoisotopic (exact) mass is 357 g/mol. The average molecular weight is 357 g/mol. The molecule has 4 nitrogen and oxygen atoms in total. The predicted octanol–water partition coefficient (Wildman–Crippen LogP) is 3.36. The summed E-state index contributed by atoms with van der Waals surface area (Å²) < 4.78 is 32.1. The maximum atomic E-state index is 13.0. The van der Waals surface area contributed by atoms with Crippen molar-refractivity contribution in [1.82, 2.24) is 4.90 Å². The van der Waals surface area contributed by atoms with Crippen LogP contribution in [0.15, 0.2) is 6.07 Å². The van der Waals surface area contributed by atoms with Crippen LogP contribution >= 0.6 is 11.3 Å². The number of carboxylic acids is 1. The maximum absolute atomic E-state index is 13.0. The number of piperidine rings is 1. The molecule has 1 saturated carbocycles. The van der Waals surface area contributed by atoms with Crippen molar-refractivity contribution in [3.8, 4) is 0 Å². The first kappa shape index (κ1) is 16.4. The fraction of sp³-hybridized carbons (Fsp3) is 0.706. The Balaban J connectivity index is 1.41. The van der Waals surface area contributed by atoms with Gasteiger partial charge >= 0.3 is 5.97 Å². The van der Waals surface area contributed by atoms with Gasteiger partial charge in [-0.1, -0.05) is 0 Å². The van der Waals surface area contributed by atoms with Crippen LogP contribution in [-0.2, 0) is 16.8 Å². The number of aromatic carboxylic acids is 1. The normalized spacial score (nSPS) is 27.8. The van der Waals surface area contributed by atoms with E-state index in [0.29, 0.717) is 24.4 Å². The fourth-order valence-electron chi connectivity index (χ4n) is 3.96. The molecule has 0 aromatic carbocycles. The lowest BCUT2D eigenvalue weighted by atomic mass is 9.85. The Labute approximate surface area is 143 Å². The molecule has 0 amide bonds. The number of fused-ring (bicyclic) bond motifs is 2. The van der Waals surface area contributed by atoms with Gasteiger partial charge in [0.1, 0.15) is 10.5 Å². The first-order valence-corrected chi connectivity index (χ1v) is 9.32. The molecular formula is C17H21F2NO3S. The summed E-state index contributed by atoms with van der Waals surface area (Å²) in [6.07, 6.45) is 2.99. The topological polar surface area (TPSA) is 49.8 Å². The zero-order valence-electron chi connectivity index (χ0n) is 13.4. The second kappa shape index (κ2) is 5.75. The van der Waals surface area contributed by atoms with Gasteiger partial charge in [0.2, 0.25) is 0 Å². The van der Waals surface area contributed by atoms with E-state index in [1.54, 1.807) is 6.07 Å². The van der Waals surface area contributed by atoms with Crippen molar-refractivity contribution in [3.05, 3.63) is 21.4 Å². The van der Waals surface area contributed by atoms with Gasteiger partial charge in [-0.2, -0.15) is 0 Å². The molecule has 1 saturated heterocycles. The van der Waals surface area contributed by atoms with Gasteiger partial charge in [0.15, 0.2) is 0 Å². The van der Waals surface area contributed by atoms with Crippen molar-refractivity contribution in [2.45, 2.75) is 43.6 Å². The minimum Gasteiger partial charge on any atom is -0.477 e. The minimum absolute atomic E-state index is 0.0460. The van der Waals surface area contributed by atoms with Crippen LogP contribution in [-0.4, -0.2) is 48.1 Å². The highest BCUT2D eigenvalue weighted by molar-refractivity contribution is 7.14. The van der Waals surface area contributed by atoms with E-state index in [4.69, 9.17) is 4.74 Å². The second-order valence-electron chi connectivity index (χ2n) is 7.16. The minimum atomic E-state index is -2.43. The second-order valence-corrected chi connectivity index (χ2v) is 8.21. The number of carboxylic acid groups (broad SMARTS) is 1. The average Bonchev–Trinajstić information content (AvgIpc) is 2.96. The van der Waals surface area contributed by atoms with Crippen LogP contribution in [0.1, 0.15) is 45.8 Å². The van der Waals surface area contributed by atoms with Crippen LogP contribution < -0.4 is 0 Å². The van der Waals surface area contributed by atoms with E-state index in [9.17, 15) is 18.7 Å². The molecule has 1 aromatic rings. The van der Waals surface area contributed by atoms with Crippen molar-refractivity contribution >= 4 is 17.3 Å². The Morgan fingerprint density at radius 1 is 1.42 bits per heavy atom. The summed E-state index contributed by atoms with van der Waals surface area (Å²) >= 11 is 1.34. The molecule has 1 aromatic heterocycles. The molecule has 1 atom stereocenters. The standard InChI is InChI=1S/C17H21F2NO3S/c18-17(19)10-12(17)1-5-20-6-3-16(4-7-20)14-11(2-8-23-16)9-13(24-14)15(21)22/h9,12H,1-8,10H2,(H,21,22). The number of rotatable bonds is 4. The number of likely N-dealkylation sites (tertiary alicyclic amines) is 1. The molecule has 7 heteroatoms. The van der Waals surface area contributed by atoms with Crippen LogP contribution in [0, 0.1) is 5.92 Å². The van der Waals surface area contributed by atoms with Gasteiger partial charge in [0.05, 0.1) is 6.61 Å². The number of alkyl halides is 2. The van der Waals surface area contributed by atoms with Crippen LogP contribution in [0.5, 0.6) is 0 Å². The smallest absolute Gasteiger partial charge is 0.345 e. The molecule has 1 spiro atoms. The molecule has 0 bridgehead atoms. The highest BCUT2D eigenvalue weighted by Crippen LogP contribution is 2.51. The molecule has 1 N–H and O–H groups in total. The molecule has 4 rings (SSSR count). The van der Waals surface area contributed by atoms with Crippen LogP contribution in [0.3, 0.4) is 0 Å². The lowest BCUT2D eigenvalue weighted by Crippen LogP contribution is -2.46. The Morgan fingerprint density at radius 2 is 2.12 bits per heavy atom. The van der Waals surface area contributed by atoms with Crippen molar-refractivity contribution in [3.63, 3.8) is 0 Å². The van der Waals surface area contributed by atoms with Gasteiger partial charge in [-0.25, -0.2) is 13.6 Å². The third kappa shape index (κ3) is 2.86. The highest BCUT2D eigenvalue weighted by Gasteiger charge is 2.56. The van der Waals surface area contributed by atoms with E-state index in [0.717, 1.165) is 42.8 Å². The van der Waals surface area contributed by atoms with Crippen LogP contribution in [0.4, 0.5) is 8.78 Å². The van der Waals surface area contributed by atoms with Gasteiger partial charge in [-0.05, 0) is 43.9 Å². The van der Waals surface area contributed by atoms with Gasteiger partial charge in [0.25, 0.3) is 5.92 Å². The molecule has 0 radical (unpaired) electrons. The molecule has 24 heavy (non-hydrogen) atoms. The first-order chi connectivity index (χ1) is 11.4. The SMILES string of the molecule is O=C(O)c1cc2c(s1)C1(CCN(CCC3CC3(F)F)CC1)OCC2. The fourth-order valence-corrected chi connectivity index (χ4v) is 5.21. The Bertz CT molecular complexity index is 652. The molecule has 1 aliphatic carbocycles. The van der Waals surface area contributed by atoms with Crippen LogP contribution in [0.25, 0.3) is 0 Å². The number of hydrogen-bond donors (Lipinski definition) is 1. The molecule has 2 fully saturated rings. The summed E-state index contributed by atoms with van der Waals surface area (Å²) in [5.41, 5.74) is 0.737. The van der Waals surface area contributed by atoms with E-state index in [1.807, 2.05) is 0 Å². The summed E-state index contributed by atoms with van der Waals surface area (Å²) in [7, 11) is 0. The summed E-state index contributed by atoms with van der Waals surface area (Å²) in [5.74, 6) is -3.74. The third-order valence-corrected chi connectivity index (χ3v) is 6.95. The first-order valence-electron chi connectivity index (χ1n) is 8.50. The van der Waals surface area contributed by atoms with E-state index >= 15 is 0 Å². The number of nitrogens with zero attached hydrogens (tertiary/aromatic N) is 1. The van der Waals surface area contributed by atoms with Gasteiger partial charge in [-0.3, -0.25) is 0 Å².